The Balaban J connectivity index is 1.36. The van der Waals surface area contributed by atoms with Crippen molar-refractivity contribution < 1.29 is 19.1 Å². The van der Waals surface area contributed by atoms with Crippen molar-refractivity contribution in [2.24, 2.45) is 62.9 Å². The Morgan fingerprint density at radius 3 is 2.18 bits per heavy atom. The Morgan fingerprint density at radius 1 is 0.909 bits per heavy atom. The van der Waals surface area contributed by atoms with Gasteiger partial charge >= 0.3 is 11.9 Å². The van der Waals surface area contributed by atoms with Gasteiger partial charge < -0.3 is 15.2 Å². The van der Waals surface area contributed by atoms with Crippen molar-refractivity contribution in [3.63, 3.8) is 0 Å². The molecule has 5 aliphatic carbocycles. The van der Waals surface area contributed by atoms with Gasteiger partial charge in [0.05, 0.1) is 13.2 Å². The number of hydrogen-bond acceptors (Lipinski definition) is 5. The summed E-state index contributed by atoms with van der Waals surface area (Å²) in [5.74, 6) is 1.48. The van der Waals surface area contributed by atoms with E-state index in [1.165, 1.54) is 62.5 Å². The molecule has 44 heavy (non-hydrogen) atoms. The van der Waals surface area contributed by atoms with E-state index in [-0.39, 0.29) is 29.6 Å². The smallest absolute Gasteiger partial charge is 0.320 e. The lowest BCUT2D eigenvalue weighted by Crippen LogP contribution is -2.67. The lowest BCUT2D eigenvalue weighted by molar-refractivity contribution is -0.219. The number of carbonyl (C=O) groups is 2. The van der Waals surface area contributed by atoms with Crippen molar-refractivity contribution in [3.8, 4) is 0 Å². The summed E-state index contributed by atoms with van der Waals surface area (Å²) in [7, 11) is 0. The van der Waals surface area contributed by atoms with Gasteiger partial charge in [-0.2, -0.15) is 0 Å². The van der Waals surface area contributed by atoms with Crippen molar-refractivity contribution in [1.82, 2.24) is 0 Å². The molecule has 9 unspecified atom stereocenters. The van der Waals surface area contributed by atoms with Crippen LogP contribution < -0.4 is 5.73 Å². The third kappa shape index (κ3) is 5.05. The molecule has 5 nitrogen and oxygen atoms in total. The molecule has 0 heterocycles. The summed E-state index contributed by atoms with van der Waals surface area (Å²) in [5.41, 5.74) is 11.1. The molecule has 4 fully saturated rings. The molecule has 4 saturated carbocycles. The minimum Gasteiger partial charge on any atom is -0.465 e. The molecule has 0 amide bonds. The van der Waals surface area contributed by atoms with Crippen molar-refractivity contribution in [2.75, 3.05) is 13.2 Å². The molecule has 5 aliphatic rings. The number of rotatable bonds is 9. The fraction of sp³-hybridized carbons (Fsp3) is 0.846. The second kappa shape index (κ2) is 11.9. The maximum absolute atomic E-state index is 12.6. The molecule has 0 aliphatic heterocycles. The zero-order valence-electron chi connectivity index (χ0n) is 29.4. The van der Waals surface area contributed by atoms with Gasteiger partial charge in [-0.3, -0.25) is 9.59 Å². The quantitative estimate of drug-likeness (QED) is 0.161. The summed E-state index contributed by atoms with van der Waals surface area (Å²) in [6.45, 7) is 23.8. The van der Waals surface area contributed by atoms with E-state index in [2.05, 4.69) is 54.2 Å². The number of ether oxygens (including phenoxy) is 2. The number of allylic oxidation sites excluding steroid dienone is 3. The highest BCUT2D eigenvalue weighted by Gasteiger charge is 2.69. The Morgan fingerprint density at radius 2 is 1.57 bits per heavy atom. The first-order valence-corrected chi connectivity index (χ1v) is 18.1. The number of carbonyl (C=O) groups excluding carboxylic acids is 2. The molecular formula is C39H63NO4. The predicted octanol–water partition coefficient (Wildman–Crippen LogP) is 8.80. The molecule has 0 aromatic rings. The molecule has 5 heteroatoms. The van der Waals surface area contributed by atoms with Crippen molar-refractivity contribution in [1.29, 1.82) is 0 Å². The van der Waals surface area contributed by atoms with Crippen LogP contribution in [0.15, 0.2) is 23.8 Å². The van der Waals surface area contributed by atoms with Crippen LogP contribution in [0.5, 0.6) is 0 Å². The fourth-order valence-electron chi connectivity index (χ4n) is 12.6. The fourth-order valence-corrected chi connectivity index (χ4v) is 12.6. The highest BCUT2D eigenvalue weighted by molar-refractivity contribution is 5.94. The Labute approximate surface area is 268 Å². The van der Waals surface area contributed by atoms with Gasteiger partial charge in [-0.25, -0.2) is 0 Å². The second-order valence-electron chi connectivity index (χ2n) is 17.0. The van der Waals surface area contributed by atoms with Crippen molar-refractivity contribution in [2.45, 2.75) is 138 Å². The Bertz CT molecular complexity index is 1150. The standard InChI is InChI=1S/C39H63NO4/c1-10-43-33(41)28(34(42)44-11-2)14-12-13-26-17-20-36(7)30(35(26,5)6)19-21-38(9)31(36)16-15-29-32-27(25(3)4)18-22-39(32,40)24-23-37(29,38)8/h17,27-32H,3,10-16,18-24,40H2,1-2,4-9H3. The first kappa shape index (κ1) is 33.7. The van der Waals surface area contributed by atoms with Crippen molar-refractivity contribution in [3.05, 3.63) is 23.8 Å². The normalized spacial score (nSPS) is 42.3. The zero-order chi connectivity index (χ0) is 32.3. The molecule has 9 atom stereocenters. The topological polar surface area (TPSA) is 78.6 Å². The van der Waals surface area contributed by atoms with Crippen LogP contribution in [-0.2, 0) is 19.1 Å². The largest absolute Gasteiger partial charge is 0.465 e. The van der Waals surface area contributed by atoms with Crippen LogP contribution in [0.2, 0.25) is 0 Å². The summed E-state index contributed by atoms with van der Waals surface area (Å²) in [4.78, 5) is 25.1. The molecule has 0 saturated heterocycles. The van der Waals surface area contributed by atoms with Gasteiger partial charge in [0, 0.05) is 5.54 Å². The number of fused-ring (bicyclic) bond motifs is 7. The van der Waals surface area contributed by atoms with Crippen LogP contribution in [-0.4, -0.2) is 30.7 Å². The summed E-state index contributed by atoms with van der Waals surface area (Å²) < 4.78 is 10.4. The van der Waals surface area contributed by atoms with Gasteiger partial charge in [-0.1, -0.05) is 58.4 Å². The first-order valence-electron chi connectivity index (χ1n) is 18.1. The van der Waals surface area contributed by atoms with Crippen LogP contribution in [0.1, 0.15) is 132 Å². The minimum atomic E-state index is -0.828. The Kier molecular flexibility index (Phi) is 9.10. The third-order valence-corrected chi connectivity index (χ3v) is 15.0. The second-order valence-corrected chi connectivity index (χ2v) is 17.0. The highest BCUT2D eigenvalue weighted by atomic mass is 16.6. The van der Waals surface area contributed by atoms with E-state index in [4.69, 9.17) is 15.2 Å². The molecular weight excluding hydrogens is 546 g/mol. The molecule has 2 N–H and O–H groups in total. The van der Waals surface area contributed by atoms with Crippen LogP contribution in [0.4, 0.5) is 0 Å². The summed E-state index contributed by atoms with van der Waals surface area (Å²) in [6, 6.07) is 0. The van der Waals surface area contributed by atoms with Crippen LogP contribution in [0, 0.1) is 57.2 Å². The molecule has 0 spiro atoms. The summed E-state index contributed by atoms with van der Waals surface area (Å²) >= 11 is 0. The van der Waals surface area contributed by atoms with Crippen molar-refractivity contribution >= 4 is 11.9 Å². The lowest BCUT2D eigenvalue weighted by atomic mass is 9.33. The molecule has 0 radical (unpaired) electrons. The van der Waals surface area contributed by atoms with E-state index in [0.717, 1.165) is 19.3 Å². The van der Waals surface area contributed by atoms with E-state index in [1.807, 2.05) is 0 Å². The summed E-state index contributed by atoms with van der Waals surface area (Å²) in [6.07, 6.45) is 15.9. The van der Waals surface area contributed by atoms with E-state index >= 15 is 0 Å². The summed E-state index contributed by atoms with van der Waals surface area (Å²) in [5, 5.41) is 0. The van der Waals surface area contributed by atoms with Crippen LogP contribution >= 0.6 is 0 Å². The first-order chi connectivity index (χ1) is 20.6. The molecule has 0 aromatic heterocycles. The SMILES string of the molecule is C=C(C)C1CCC2(N)CCC3(C)C(CCC4C5(C)CC=C(CCCC(C(=O)OCC)C(=O)OCC)C(C)(C)C5CCC43C)C12. The Hall–Kier alpha value is -1.62. The average Bonchev–Trinajstić information content (AvgIpc) is 3.30. The van der Waals surface area contributed by atoms with E-state index < -0.39 is 17.9 Å². The number of nitrogens with two attached hydrogens (primary N) is 1. The zero-order valence-corrected chi connectivity index (χ0v) is 29.4. The highest BCUT2D eigenvalue weighted by Crippen LogP contribution is 2.76. The monoisotopic (exact) mass is 609 g/mol. The molecule has 0 aromatic carbocycles. The number of hydrogen-bond donors (Lipinski definition) is 1. The third-order valence-electron chi connectivity index (χ3n) is 15.0. The maximum atomic E-state index is 12.6. The molecule has 0 bridgehead atoms. The predicted molar refractivity (Wildman–Crippen MR) is 178 cm³/mol. The van der Waals surface area contributed by atoms with Gasteiger partial charge in [-0.15, -0.1) is 0 Å². The molecule has 248 valence electrons. The van der Waals surface area contributed by atoms with E-state index in [9.17, 15) is 9.59 Å². The van der Waals surface area contributed by atoms with Gasteiger partial charge in [0.25, 0.3) is 0 Å². The minimum absolute atomic E-state index is 0.00211. The van der Waals surface area contributed by atoms with Crippen LogP contribution in [0.3, 0.4) is 0 Å². The van der Waals surface area contributed by atoms with Gasteiger partial charge in [0.2, 0.25) is 0 Å². The molecule has 5 rings (SSSR count). The average molecular weight is 610 g/mol. The van der Waals surface area contributed by atoms with Gasteiger partial charge in [0.1, 0.15) is 0 Å². The van der Waals surface area contributed by atoms with Gasteiger partial charge in [0.15, 0.2) is 5.92 Å². The number of esters is 2. The van der Waals surface area contributed by atoms with Crippen LogP contribution in [0.25, 0.3) is 0 Å². The van der Waals surface area contributed by atoms with Gasteiger partial charge in [-0.05, 0) is 149 Å². The van der Waals surface area contributed by atoms with E-state index in [1.54, 1.807) is 13.8 Å². The maximum Gasteiger partial charge on any atom is 0.320 e. The van der Waals surface area contributed by atoms with E-state index in [0.29, 0.717) is 46.8 Å². The lowest BCUT2D eigenvalue weighted by Gasteiger charge is -2.72.